The molecule has 0 spiro atoms. The van der Waals surface area contributed by atoms with Gasteiger partial charge >= 0.3 is 0 Å². The highest BCUT2D eigenvalue weighted by Crippen LogP contribution is 2.29. The highest BCUT2D eigenvalue weighted by molar-refractivity contribution is 9.10. The quantitative estimate of drug-likeness (QED) is 0.773. The molecule has 1 fully saturated rings. The molecule has 0 saturated heterocycles. The lowest BCUT2D eigenvalue weighted by molar-refractivity contribution is 0.0647. The number of hydrogen-bond acceptors (Lipinski definition) is 2. The summed E-state index contributed by atoms with van der Waals surface area (Å²) in [6.07, 6.45) is 5.38. The summed E-state index contributed by atoms with van der Waals surface area (Å²) in [6.45, 7) is 3.86. The lowest BCUT2D eigenvalue weighted by atomic mass is 9.83. The van der Waals surface area contributed by atoms with Gasteiger partial charge in [-0.1, -0.05) is 35.7 Å². The minimum atomic E-state index is 0.632. The summed E-state index contributed by atoms with van der Waals surface area (Å²) < 4.78 is 12.3. The Labute approximate surface area is 124 Å². The molecule has 0 bridgehead atoms. The highest BCUT2D eigenvalue weighted by atomic mass is 79.9. The van der Waals surface area contributed by atoms with E-state index in [2.05, 4.69) is 28.9 Å². The first kappa shape index (κ1) is 14.9. The van der Waals surface area contributed by atoms with E-state index in [9.17, 15) is 0 Å². The summed E-state index contributed by atoms with van der Waals surface area (Å²) in [4.78, 5) is 0. The number of methoxy groups -OCH3 is 1. The van der Waals surface area contributed by atoms with Crippen molar-refractivity contribution < 1.29 is 9.47 Å². The molecule has 3 heteroatoms. The van der Waals surface area contributed by atoms with Crippen molar-refractivity contribution in [1.29, 1.82) is 0 Å². The topological polar surface area (TPSA) is 18.5 Å². The Kier molecular flexibility index (Phi) is 5.71. The third-order valence-electron chi connectivity index (χ3n) is 3.90. The standard InChI is InChI=1S/C16H23BrO2/c1-12-4-3-5-13(8-12)10-19-11-14-9-15(17)6-7-16(14)18-2/h6-7,9,12-13H,3-5,8,10-11H2,1-2H3. The Balaban J connectivity index is 1.83. The highest BCUT2D eigenvalue weighted by Gasteiger charge is 2.19. The molecule has 106 valence electrons. The largest absolute Gasteiger partial charge is 0.496 e. The Hall–Kier alpha value is -0.540. The molecular weight excluding hydrogens is 304 g/mol. The second-order valence-electron chi connectivity index (χ2n) is 5.61. The normalized spacial score (nSPS) is 23.3. The zero-order valence-corrected chi connectivity index (χ0v) is 13.4. The van der Waals surface area contributed by atoms with Gasteiger partial charge in [0, 0.05) is 16.6 Å². The van der Waals surface area contributed by atoms with Crippen LogP contribution in [0, 0.1) is 11.8 Å². The number of rotatable bonds is 5. The lowest BCUT2D eigenvalue weighted by Crippen LogP contribution is -2.18. The van der Waals surface area contributed by atoms with E-state index < -0.39 is 0 Å². The van der Waals surface area contributed by atoms with Crippen molar-refractivity contribution in [3.05, 3.63) is 28.2 Å². The molecule has 19 heavy (non-hydrogen) atoms. The minimum absolute atomic E-state index is 0.632. The summed E-state index contributed by atoms with van der Waals surface area (Å²) in [5.41, 5.74) is 1.11. The van der Waals surface area contributed by atoms with Crippen LogP contribution in [-0.4, -0.2) is 13.7 Å². The van der Waals surface area contributed by atoms with Crippen LogP contribution in [0.2, 0.25) is 0 Å². The van der Waals surface area contributed by atoms with E-state index in [0.717, 1.165) is 34.2 Å². The lowest BCUT2D eigenvalue weighted by Gasteiger charge is -2.26. The molecule has 1 aliphatic rings. The average Bonchev–Trinajstić information content (AvgIpc) is 2.39. The van der Waals surface area contributed by atoms with Crippen molar-refractivity contribution in [2.24, 2.45) is 11.8 Å². The molecule has 1 aliphatic carbocycles. The number of ether oxygens (including phenoxy) is 2. The summed E-state index contributed by atoms with van der Waals surface area (Å²) >= 11 is 3.49. The fraction of sp³-hybridized carbons (Fsp3) is 0.625. The molecule has 2 atom stereocenters. The van der Waals surface area contributed by atoms with Gasteiger partial charge < -0.3 is 9.47 Å². The summed E-state index contributed by atoms with van der Waals surface area (Å²) in [7, 11) is 1.70. The smallest absolute Gasteiger partial charge is 0.124 e. The molecule has 0 heterocycles. The average molecular weight is 327 g/mol. The third-order valence-corrected chi connectivity index (χ3v) is 4.39. The molecule has 1 aromatic rings. The molecule has 2 nitrogen and oxygen atoms in total. The minimum Gasteiger partial charge on any atom is -0.496 e. The molecule has 2 rings (SSSR count). The van der Waals surface area contributed by atoms with E-state index in [4.69, 9.17) is 9.47 Å². The van der Waals surface area contributed by atoms with Crippen LogP contribution in [0.3, 0.4) is 0 Å². The molecule has 1 aromatic carbocycles. The van der Waals surface area contributed by atoms with Crippen molar-refractivity contribution in [2.75, 3.05) is 13.7 Å². The Morgan fingerprint density at radius 2 is 2.16 bits per heavy atom. The van der Waals surface area contributed by atoms with Gasteiger partial charge in [0.25, 0.3) is 0 Å². The van der Waals surface area contributed by atoms with E-state index >= 15 is 0 Å². The van der Waals surface area contributed by atoms with Crippen molar-refractivity contribution in [3.63, 3.8) is 0 Å². The van der Waals surface area contributed by atoms with Gasteiger partial charge in [-0.25, -0.2) is 0 Å². The van der Waals surface area contributed by atoms with Crippen LogP contribution >= 0.6 is 15.9 Å². The van der Waals surface area contributed by atoms with Crippen molar-refractivity contribution in [1.82, 2.24) is 0 Å². The molecule has 1 saturated carbocycles. The maximum atomic E-state index is 5.90. The third kappa shape index (κ3) is 4.50. The molecule has 0 aliphatic heterocycles. The predicted octanol–water partition coefficient (Wildman–Crippen LogP) is 4.80. The second-order valence-corrected chi connectivity index (χ2v) is 6.52. The first-order chi connectivity index (χ1) is 9.19. The van der Waals surface area contributed by atoms with Gasteiger partial charge in [0.2, 0.25) is 0 Å². The van der Waals surface area contributed by atoms with Crippen molar-refractivity contribution >= 4 is 15.9 Å². The van der Waals surface area contributed by atoms with Crippen LogP contribution < -0.4 is 4.74 Å². The molecule has 0 aromatic heterocycles. The summed E-state index contributed by atoms with van der Waals surface area (Å²) in [6, 6.07) is 6.04. The van der Waals surface area contributed by atoms with E-state index in [1.54, 1.807) is 7.11 Å². The van der Waals surface area contributed by atoms with Crippen molar-refractivity contribution in [2.45, 2.75) is 39.2 Å². The molecule has 0 radical (unpaired) electrons. The zero-order chi connectivity index (χ0) is 13.7. The van der Waals surface area contributed by atoms with Crippen LogP contribution in [0.15, 0.2) is 22.7 Å². The van der Waals surface area contributed by atoms with Gasteiger partial charge in [0.1, 0.15) is 5.75 Å². The van der Waals surface area contributed by atoms with Crippen LogP contribution in [0.25, 0.3) is 0 Å². The van der Waals surface area contributed by atoms with Crippen LogP contribution in [-0.2, 0) is 11.3 Å². The molecule has 0 N–H and O–H groups in total. The van der Waals surface area contributed by atoms with E-state index in [1.807, 2.05) is 12.1 Å². The first-order valence-electron chi connectivity index (χ1n) is 7.09. The molecule has 2 unspecified atom stereocenters. The summed E-state index contributed by atoms with van der Waals surface area (Å²) in [5.74, 6) is 2.50. The van der Waals surface area contributed by atoms with Gasteiger partial charge in [-0.2, -0.15) is 0 Å². The van der Waals surface area contributed by atoms with Crippen LogP contribution in [0.4, 0.5) is 0 Å². The van der Waals surface area contributed by atoms with E-state index in [0.29, 0.717) is 6.61 Å². The second kappa shape index (κ2) is 7.30. The van der Waals surface area contributed by atoms with Gasteiger partial charge in [0.05, 0.1) is 13.7 Å². The number of benzene rings is 1. The zero-order valence-electron chi connectivity index (χ0n) is 11.8. The Morgan fingerprint density at radius 1 is 1.32 bits per heavy atom. The van der Waals surface area contributed by atoms with E-state index in [-0.39, 0.29) is 0 Å². The monoisotopic (exact) mass is 326 g/mol. The fourth-order valence-electron chi connectivity index (χ4n) is 2.91. The van der Waals surface area contributed by atoms with Gasteiger partial charge in [-0.05, 0) is 42.9 Å². The van der Waals surface area contributed by atoms with Crippen molar-refractivity contribution in [3.8, 4) is 5.75 Å². The number of halogens is 1. The maximum absolute atomic E-state index is 5.90. The molecular formula is C16H23BrO2. The SMILES string of the molecule is COc1ccc(Br)cc1COCC1CCCC(C)C1. The van der Waals surface area contributed by atoms with Gasteiger partial charge in [-0.15, -0.1) is 0 Å². The summed E-state index contributed by atoms with van der Waals surface area (Å²) in [5, 5.41) is 0. The number of hydrogen-bond donors (Lipinski definition) is 0. The first-order valence-corrected chi connectivity index (χ1v) is 7.88. The van der Waals surface area contributed by atoms with Gasteiger partial charge in [-0.3, -0.25) is 0 Å². The fourth-order valence-corrected chi connectivity index (χ4v) is 3.32. The maximum Gasteiger partial charge on any atom is 0.124 e. The Morgan fingerprint density at radius 3 is 2.89 bits per heavy atom. The predicted molar refractivity (Wildman–Crippen MR) is 81.5 cm³/mol. The molecule has 0 amide bonds. The van der Waals surface area contributed by atoms with E-state index in [1.165, 1.54) is 25.7 Å². The Bertz CT molecular complexity index is 406. The van der Waals surface area contributed by atoms with Crippen LogP contribution in [0.1, 0.15) is 38.2 Å². The van der Waals surface area contributed by atoms with Crippen LogP contribution in [0.5, 0.6) is 5.75 Å². The van der Waals surface area contributed by atoms with Gasteiger partial charge in [0.15, 0.2) is 0 Å².